The Morgan fingerprint density at radius 2 is 1.51 bits per heavy atom. The number of sulfonamides is 1. The van der Waals surface area contributed by atoms with E-state index in [9.17, 15) is 30.0 Å². The van der Waals surface area contributed by atoms with Gasteiger partial charge in [-0.2, -0.15) is 25.9 Å². The van der Waals surface area contributed by atoms with Gasteiger partial charge in [-0.1, -0.05) is 29.8 Å². The van der Waals surface area contributed by atoms with E-state index >= 15 is 0 Å². The molecule has 0 heterocycles. The molecule has 0 saturated heterocycles. The summed E-state index contributed by atoms with van der Waals surface area (Å²) in [5.41, 5.74) is 0.125. The lowest BCUT2D eigenvalue weighted by Crippen LogP contribution is -2.36. The first-order chi connectivity index (χ1) is 17.1. The topological polar surface area (TPSA) is 90.0 Å². The molecule has 3 rings (SSSR count). The maximum atomic E-state index is 13.3. The third kappa shape index (κ3) is 6.62. The summed E-state index contributed by atoms with van der Waals surface area (Å²) in [7, 11) is -7.32. The van der Waals surface area contributed by atoms with E-state index in [1.807, 2.05) is 6.92 Å². The first-order valence-electron chi connectivity index (χ1n) is 11.0. The van der Waals surface area contributed by atoms with Crippen LogP contribution in [0.1, 0.15) is 30.5 Å². The van der Waals surface area contributed by atoms with Gasteiger partial charge in [-0.25, -0.2) is 8.42 Å². The van der Waals surface area contributed by atoms with Crippen LogP contribution in [0.4, 0.5) is 13.2 Å². The molecule has 12 heteroatoms. The lowest BCUT2D eigenvalue weighted by molar-refractivity contribution is -0.137. The number of benzene rings is 3. The Morgan fingerprint density at radius 3 is 2.08 bits per heavy atom. The van der Waals surface area contributed by atoms with Crippen LogP contribution in [-0.2, 0) is 32.9 Å². The normalized spacial score (nSPS) is 12.7. The average molecular weight is 558 g/mol. The summed E-state index contributed by atoms with van der Waals surface area (Å²) in [6, 6.07) is 13.3. The van der Waals surface area contributed by atoms with Crippen LogP contribution in [0.25, 0.3) is 0 Å². The van der Waals surface area contributed by atoms with Crippen molar-refractivity contribution >= 4 is 20.1 Å². The monoisotopic (exact) mass is 557 g/mol. The summed E-state index contributed by atoms with van der Waals surface area (Å²) in [6.45, 7) is 5.11. The van der Waals surface area contributed by atoms with E-state index in [1.54, 1.807) is 32.0 Å². The Bertz CT molecular complexity index is 1470. The Labute approximate surface area is 214 Å². The van der Waals surface area contributed by atoms with Gasteiger partial charge in [0.05, 0.1) is 17.6 Å². The first-order valence-corrected chi connectivity index (χ1v) is 13.9. The summed E-state index contributed by atoms with van der Waals surface area (Å²) < 4.78 is 103. The molecule has 7 nitrogen and oxygen atoms in total. The molecule has 0 bridgehead atoms. The van der Waals surface area contributed by atoms with Gasteiger partial charge in [-0.3, -0.25) is 0 Å². The van der Waals surface area contributed by atoms with Gasteiger partial charge in [0.25, 0.3) is 0 Å². The molecule has 3 aromatic carbocycles. The fraction of sp³-hybridized carbons (Fsp3) is 0.280. The Hall–Kier alpha value is -3.09. The van der Waals surface area contributed by atoms with Crippen molar-refractivity contribution in [2.24, 2.45) is 0 Å². The van der Waals surface area contributed by atoms with Crippen molar-refractivity contribution in [1.82, 2.24) is 4.31 Å². The third-order valence-electron chi connectivity index (χ3n) is 5.42. The average Bonchev–Trinajstić information content (AvgIpc) is 2.82. The molecule has 0 amide bonds. The fourth-order valence-electron chi connectivity index (χ4n) is 3.45. The quantitative estimate of drug-likeness (QED) is 0.328. The Balaban J connectivity index is 1.96. The summed E-state index contributed by atoms with van der Waals surface area (Å²) in [5.74, 6) is -0.300. The minimum atomic E-state index is -4.74. The largest absolute Gasteiger partial charge is 0.493 e. The number of ether oxygens (including phenoxy) is 1. The predicted octanol–water partition coefficient (Wildman–Crippen LogP) is 5.39. The van der Waals surface area contributed by atoms with Gasteiger partial charge < -0.3 is 8.92 Å². The van der Waals surface area contributed by atoms with Crippen LogP contribution in [0.3, 0.4) is 0 Å². The number of aryl methyl sites for hydroxylation is 1. The second-order valence-corrected chi connectivity index (χ2v) is 11.9. The van der Waals surface area contributed by atoms with E-state index in [0.29, 0.717) is 11.6 Å². The number of halogens is 3. The van der Waals surface area contributed by atoms with Crippen LogP contribution in [0.2, 0.25) is 0 Å². The summed E-state index contributed by atoms with van der Waals surface area (Å²) in [6.07, 6.45) is -4.74. The summed E-state index contributed by atoms with van der Waals surface area (Å²) in [5, 5.41) is 0. The SMILES string of the molecule is COc1ccc(CN(C(C)C)S(=O)(=O)c2ccc(C)cc2)cc1OS(=O)(=O)c1cccc(C(F)(F)F)c1. The molecular formula is C25H26F3NO6S2. The van der Waals surface area contributed by atoms with Gasteiger partial charge in [-0.05, 0) is 68.8 Å². The van der Waals surface area contributed by atoms with Crippen molar-refractivity contribution in [2.75, 3.05) is 7.11 Å². The van der Waals surface area contributed by atoms with Gasteiger partial charge in [-0.15, -0.1) is 0 Å². The van der Waals surface area contributed by atoms with Crippen molar-refractivity contribution in [2.45, 2.75) is 49.3 Å². The molecule has 0 saturated carbocycles. The standard InChI is InChI=1S/C25H26F3NO6S2/c1-17(2)29(36(30,31)21-11-8-18(3)9-12-21)16-19-10-13-23(34-4)24(14-19)35-37(32,33)22-7-5-6-20(15-22)25(26,27)28/h5-15,17H,16H2,1-4H3. The van der Waals surface area contributed by atoms with E-state index in [1.165, 1.54) is 35.7 Å². The van der Waals surface area contributed by atoms with Gasteiger partial charge in [0.1, 0.15) is 4.90 Å². The highest BCUT2D eigenvalue weighted by molar-refractivity contribution is 7.89. The third-order valence-corrected chi connectivity index (χ3v) is 8.69. The van der Waals surface area contributed by atoms with E-state index in [0.717, 1.165) is 23.8 Å². The molecule has 0 fully saturated rings. The molecule has 0 aliphatic rings. The lowest BCUT2D eigenvalue weighted by Gasteiger charge is -2.26. The Morgan fingerprint density at radius 1 is 0.865 bits per heavy atom. The van der Waals surface area contributed by atoms with Crippen LogP contribution >= 0.6 is 0 Å². The minimum absolute atomic E-state index is 0.00297. The number of hydrogen-bond acceptors (Lipinski definition) is 6. The van der Waals surface area contributed by atoms with Gasteiger partial charge in [0.15, 0.2) is 11.5 Å². The molecular weight excluding hydrogens is 531 g/mol. The van der Waals surface area contributed by atoms with Crippen molar-refractivity contribution in [1.29, 1.82) is 0 Å². The number of alkyl halides is 3. The van der Waals surface area contributed by atoms with Crippen LogP contribution in [0, 0.1) is 6.92 Å². The van der Waals surface area contributed by atoms with Gasteiger partial charge >= 0.3 is 16.3 Å². The van der Waals surface area contributed by atoms with Gasteiger partial charge in [0, 0.05) is 12.6 Å². The number of nitrogens with zero attached hydrogens (tertiary/aromatic N) is 1. The van der Waals surface area contributed by atoms with Crippen LogP contribution in [-0.4, -0.2) is 34.3 Å². The Kier molecular flexibility index (Phi) is 8.25. The maximum Gasteiger partial charge on any atom is 0.416 e. The number of rotatable bonds is 9. The maximum absolute atomic E-state index is 13.3. The molecule has 0 aromatic heterocycles. The highest BCUT2D eigenvalue weighted by atomic mass is 32.2. The zero-order valence-electron chi connectivity index (χ0n) is 20.5. The minimum Gasteiger partial charge on any atom is -0.493 e. The van der Waals surface area contributed by atoms with E-state index in [-0.39, 0.29) is 22.9 Å². The lowest BCUT2D eigenvalue weighted by atomic mass is 10.2. The molecule has 0 aliphatic carbocycles. The fourth-order valence-corrected chi connectivity index (χ4v) is 6.05. The first kappa shape index (κ1) is 28.5. The van der Waals surface area contributed by atoms with Crippen molar-refractivity contribution in [3.05, 3.63) is 83.4 Å². The summed E-state index contributed by atoms with van der Waals surface area (Å²) >= 11 is 0. The van der Waals surface area contributed by atoms with Crippen molar-refractivity contribution < 1.29 is 38.9 Å². The molecule has 37 heavy (non-hydrogen) atoms. The number of hydrogen-bond donors (Lipinski definition) is 0. The zero-order chi connectivity index (χ0) is 27.6. The van der Waals surface area contributed by atoms with Crippen LogP contribution in [0.5, 0.6) is 11.5 Å². The van der Waals surface area contributed by atoms with E-state index < -0.39 is 42.8 Å². The second kappa shape index (κ2) is 10.7. The van der Waals surface area contributed by atoms with Crippen molar-refractivity contribution in [3.63, 3.8) is 0 Å². The second-order valence-electron chi connectivity index (χ2n) is 8.51. The predicted molar refractivity (Wildman–Crippen MR) is 131 cm³/mol. The molecule has 0 unspecified atom stereocenters. The van der Waals surface area contributed by atoms with Crippen molar-refractivity contribution in [3.8, 4) is 11.5 Å². The molecule has 0 spiro atoms. The molecule has 0 N–H and O–H groups in total. The molecule has 0 aliphatic heterocycles. The molecule has 0 atom stereocenters. The smallest absolute Gasteiger partial charge is 0.416 e. The van der Waals surface area contributed by atoms with E-state index in [4.69, 9.17) is 8.92 Å². The molecule has 200 valence electrons. The number of methoxy groups -OCH3 is 1. The molecule has 0 radical (unpaired) electrons. The zero-order valence-corrected chi connectivity index (χ0v) is 22.1. The highest BCUT2D eigenvalue weighted by Crippen LogP contribution is 2.34. The highest BCUT2D eigenvalue weighted by Gasteiger charge is 2.32. The van der Waals surface area contributed by atoms with Gasteiger partial charge in [0.2, 0.25) is 10.0 Å². The molecule has 3 aromatic rings. The van der Waals surface area contributed by atoms with Crippen LogP contribution in [0.15, 0.2) is 76.5 Å². The van der Waals surface area contributed by atoms with E-state index in [2.05, 4.69) is 0 Å². The summed E-state index contributed by atoms with van der Waals surface area (Å²) in [4.78, 5) is -0.593. The van der Waals surface area contributed by atoms with Crippen LogP contribution < -0.4 is 8.92 Å².